The Morgan fingerprint density at radius 1 is 1.50 bits per heavy atom. The van der Waals surface area contributed by atoms with Crippen LogP contribution in [0.25, 0.3) is 0 Å². The quantitative estimate of drug-likeness (QED) is 0.882. The summed E-state index contributed by atoms with van der Waals surface area (Å²) in [4.78, 5) is 10.8. The predicted molar refractivity (Wildman–Crippen MR) is 57.2 cm³/mol. The molecule has 1 aliphatic carbocycles. The van der Waals surface area contributed by atoms with Crippen LogP contribution in [0.4, 0.5) is 0 Å². The fourth-order valence-corrected chi connectivity index (χ4v) is 2.14. The minimum Gasteiger partial charge on any atom is -0.481 e. The Hall–Kier alpha value is -0.830. The number of benzene rings is 1. The van der Waals surface area contributed by atoms with Crippen molar-refractivity contribution in [2.75, 3.05) is 0 Å². The van der Waals surface area contributed by atoms with E-state index in [1.54, 1.807) is 0 Å². The molecule has 14 heavy (non-hydrogen) atoms. The molecule has 1 N–H and O–H groups in total. The number of hydrogen-bond acceptors (Lipinski definition) is 1. The van der Waals surface area contributed by atoms with E-state index in [-0.39, 0.29) is 11.3 Å². The third-order valence-corrected chi connectivity index (χ3v) is 3.57. The number of halogens is 1. The van der Waals surface area contributed by atoms with Crippen molar-refractivity contribution >= 4 is 21.9 Å². The maximum absolute atomic E-state index is 10.8. The van der Waals surface area contributed by atoms with Crippen molar-refractivity contribution in [2.45, 2.75) is 18.8 Å². The number of hydrogen-bond donors (Lipinski definition) is 1. The lowest BCUT2D eigenvalue weighted by atomic mass is 9.96. The molecule has 1 aromatic carbocycles. The molecule has 1 unspecified atom stereocenters. The van der Waals surface area contributed by atoms with E-state index in [1.165, 1.54) is 0 Å². The third kappa shape index (κ3) is 1.46. The molecule has 0 saturated heterocycles. The number of rotatable bonds is 2. The Kier molecular flexibility index (Phi) is 2.14. The molecular formula is C11H11BrO2. The Balaban J connectivity index is 2.25. The van der Waals surface area contributed by atoms with Crippen LogP contribution in [0, 0.1) is 5.92 Å². The first-order valence-corrected chi connectivity index (χ1v) is 5.32. The molecule has 2 rings (SSSR count). The van der Waals surface area contributed by atoms with Crippen LogP contribution < -0.4 is 0 Å². The van der Waals surface area contributed by atoms with Gasteiger partial charge in [-0.1, -0.05) is 35.0 Å². The lowest BCUT2D eigenvalue weighted by molar-refractivity contribution is -0.138. The molecule has 2 atom stereocenters. The molecule has 1 saturated carbocycles. The van der Waals surface area contributed by atoms with Crippen LogP contribution in [0.2, 0.25) is 0 Å². The Bertz CT molecular complexity index is 371. The third-order valence-electron chi connectivity index (χ3n) is 3.04. The van der Waals surface area contributed by atoms with Crippen LogP contribution in [0.5, 0.6) is 0 Å². The van der Waals surface area contributed by atoms with Gasteiger partial charge < -0.3 is 5.11 Å². The summed E-state index contributed by atoms with van der Waals surface area (Å²) in [6.07, 6.45) is 0.754. The molecule has 0 heterocycles. The SMILES string of the molecule is CC1(c2ccc(Br)cc2)C[C@H]1C(=O)O. The highest BCUT2D eigenvalue weighted by atomic mass is 79.9. The molecule has 3 heteroatoms. The minimum absolute atomic E-state index is 0.146. The summed E-state index contributed by atoms with van der Waals surface area (Å²) >= 11 is 3.36. The summed E-state index contributed by atoms with van der Waals surface area (Å²) in [6.45, 7) is 2.01. The molecule has 0 bridgehead atoms. The van der Waals surface area contributed by atoms with Gasteiger partial charge in [-0.2, -0.15) is 0 Å². The van der Waals surface area contributed by atoms with Crippen LogP contribution in [-0.4, -0.2) is 11.1 Å². The molecule has 1 aliphatic rings. The second kappa shape index (κ2) is 3.09. The predicted octanol–water partition coefficient (Wildman–Crippen LogP) is 2.81. The molecule has 0 radical (unpaired) electrons. The van der Waals surface area contributed by atoms with Crippen molar-refractivity contribution in [3.05, 3.63) is 34.3 Å². The number of aliphatic carboxylic acids is 1. The Morgan fingerprint density at radius 2 is 2.07 bits per heavy atom. The standard InChI is InChI=1S/C11H11BrO2/c1-11(6-9(11)10(13)14)7-2-4-8(12)5-3-7/h2-5,9H,6H2,1H3,(H,13,14)/t9-,11?/m0/s1. The average molecular weight is 255 g/mol. The highest BCUT2D eigenvalue weighted by Gasteiger charge is 2.55. The van der Waals surface area contributed by atoms with Crippen molar-refractivity contribution in [1.29, 1.82) is 0 Å². The van der Waals surface area contributed by atoms with Gasteiger partial charge in [-0.05, 0) is 24.1 Å². The summed E-state index contributed by atoms with van der Waals surface area (Å²) in [6, 6.07) is 7.90. The monoisotopic (exact) mass is 254 g/mol. The maximum Gasteiger partial charge on any atom is 0.307 e. The highest BCUT2D eigenvalue weighted by molar-refractivity contribution is 9.10. The second-order valence-corrected chi connectivity index (χ2v) is 4.93. The van der Waals surface area contributed by atoms with Crippen LogP contribution in [0.1, 0.15) is 18.9 Å². The van der Waals surface area contributed by atoms with Gasteiger partial charge >= 0.3 is 5.97 Å². The minimum atomic E-state index is -0.685. The molecule has 0 amide bonds. The zero-order valence-corrected chi connectivity index (χ0v) is 9.41. The number of carbonyl (C=O) groups is 1. The second-order valence-electron chi connectivity index (χ2n) is 4.02. The summed E-state index contributed by atoms with van der Waals surface area (Å²) in [5.74, 6) is -0.890. The highest BCUT2D eigenvalue weighted by Crippen LogP contribution is 2.54. The van der Waals surface area contributed by atoms with Gasteiger partial charge in [0.05, 0.1) is 5.92 Å². The van der Waals surface area contributed by atoms with Crippen molar-refractivity contribution < 1.29 is 9.90 Å². The molecular weight excluding hydrogens is 244 g/mol. The zero-order chi connectivity index (χ0) is 10.3. The van der Waals surface area contributed by atoms with Crippen LogP contribution in [-0.2, 0) is 10.2 Å². The van der Waals surface area contributed by atoms with Gasteiger partial charge in [-0.3, -0.25) is 4.79 Å². The van der Waals surface area contributed by atoms with Crippen molar-refractivity contribution in [2.24, 2.45) is 5.92 Å². The largest absolute Gasteiger partial charge is 0.481 e. The molecule has 0 aromatic heterocycles. The van der Waals surface area contributed by atoms with Crippen molar-refractivity contribution in [1.82, 2.24) is 0 Å². The molecule has 74 valence electrons. The smallest absolute Gasteiger partial charge is 0.307 e. The van der Waals surface area contributed by atoms with Crippen LogP contribution in [0.3, 0.4) is 0 Å². The first-order chi connectivity index (χ1) is 6.54. The van der Waals surface area contributed by atoms with Crippen molar-refractivity contribution in [3.63, 3.8) is 0 Å². The molecule has 2 nitrogen and oxygen atoms in total. The zero-order valence-electron chi connectivity index (χ0n) is 7.83. The van der Waals surface area contributed by atoms with Crippen LogP contribution in [0.15, 0.2) is 28.7 Å². The fourth-order valence-electron chi connectivity index (χ4n) is 1.87. The lowest BCUT2D eigenvalue weighted by Crippen LogP contribution is -2.10. The molecule has 0 aliphatic heterocycles. The lowest BCUT2D eigenvalue weighted by Gasteiger charge is -2.09. The van der Waals surface area contributed by atoms with E-state index >= 15 is 0 Å². The first-order valence-electron chi connectivity index (χ1n) is 4.53. The Labute approximate surface area is 91.1 Å². The van der Waals surface area contributed by atoms with Gasteiger partial charge in [0, 0.05) is 9.89 Å². The van der Waals surface area contributed by atoms with E-state index in [2.05, 4.69) is 15.9 Å². The van der Waals surface area contributed by atoms with Gasteiger partial charge in [-0.25, -0.2) is 0 Å². The van der Waals surface area contributed by atoms with Crippen LogP contribution >= 0.6 is 15.9 Å². The number of carboxylic acids is 1. The van der Waals surface area contributed by atoms with Gasteiger partial charge in [0.15, 0.2) is 0 Å². The summed E-state index contributed by atoms with van der Waals surface area (Å²) in [5, 5.41) is 8.90. The van der Waals surface area contributed by atoms with E-state index in [1.807, 2.05) is 31.2 Å². The van der Waals surface area contributed by atoms with Gasteiger partial charge in [0.2, 0.25) is 0 Å². The fraction of sp³-hybridized carbons (Fsp3) is 0.364. The maximum atomic E-state index is 10.8. The molecule has 1 fully saturated rings. The summed E-state index contributed by atoms with van der Waals surface area (Å²) in [5.41, 5.74) is 0.972. The first kappa shape index (κ1) is 9.71. The molecule has 1 aromatic rings. The summed E-state index contributed by atoms with van der Waals surface area (Å²) < 4.78 is 1.03. The van der Waals surface area contributed by atoms with E-state index in [9.17, 15) is 4.79 Å². The Morgan fingerprint density at radius 3 is 2.50 bits per heavy atom. The average Bonchev–Trinajstić information content (AvgIpc) is 2.80. The topological polar surface area (TPSA) is 37.3 Å². The van der Waals surface area contributed by atoms with Crippen molar-refractivity contribution in [3.8, 4) is 0 Å². The van der Waals surface area contributed by atoms with E-state index in [0.29, 0.717) is 0 Å². The van der Waals surface area contributed by atoms with E-state index in [0.717, 1.165) is 16.5 Å². The van der Waals surface area contributed by atoms with Gasteiger partial charge in [0.1, 0.15) is 0 Å². The van der Waals surface area contributed by atoms with Gasteiger partial charge in [0.25, 0.3) is 0 Å². The normalized spacial score (nSPS) is 30.0. The summed E-state index contributed by atoms with van der Waals surface area (Å²) in [7, 11) is 0. The van der Waals surface area contributed by atoms with E-state index in [4.69, 9.17) is 5.11 Å². The number of carboxylic acid groups (broad SMARTS) is 1. The molecule has 0 spiro atoms. The van der Waals surface area contributed by atoms with E-state index < -0.39 is 5.97 Å². The van der Waals surface area contributed by atoms with Gasteiger partial charge in [-0.15, -0.1) is 0 Å².